The number of aliphatic imine (C=N–C) groups is 1. The highest BCUT2D eigenvalue weighted by Crippen LogP contribution is 2.36. The summed E-state index contributed by atoms with van der Waals surface area (Å²) >= 11 is 1.30. The molecule has 5 nitrogen and oxygen atoms in total. The third kappa shape index (κ3) is 6.51. The van der Waals surface area contributed by atoms with Crippen LogP contribution in [0.3, 0.4) is 0 Å². The molecule has 1 aliphatic rings. The van der Waals surface area contributed by atoms with E-state index < -0.39 is 6.61 Å². The van der Waals surface area contributed by atoms with Crippen molar-refractivity contribution in [1.82, 2.24) is 4.90 Å². The average molecular weight is 509 g/mol. The summed E-state index contributed by atoms with van der Waals surface area (Å²) < 4.78 is 34.5. The number of amidine groups is 1. The Morgan fingerprint density at radius 3 is 2.28 bits per heavy atom. The maximum absolute atomic E-state index is 13.5. The van der Waals surface area contributed by atoms with E-state index in [0.29, 0.717) is 21.3 Å². The predicted octanol–water partition coefficient (Wildman–Crippen LogP) is 6.92. The van der Waals surface area contributed by atoms with Gasteiger partial charge in [-0.15, -0.1) is 0 Å². The molecule has 0 radical (unpaired) electrons. The van der Waals surface area contributed by atoms with Crippen LogP contribution < -0.4 is 9.47 Å². The first-order chi connectivity index (χ1) is 17.4. The van der Waals surface area contributed by atoms with Gasteiger partial charge in [0.05, 0.1) is 17.7 Å². The van der Waals surface area contributed by atoms with Gasteiger partial charge in [0.25, 0.3) is 5.91 Å². The van der Waals surface area contributed by atoms with Gasteiger partial charge in [-0.1, -0.05) is 42.5 Å². The van der Waals surface area contributed by atoms with E-state index in [1.54, 1.807) is 30.2 Å². The van der Waals surface area contributed by atoms with E-state index >= 15 is 0 Å². The van der Waals surface area contributed by atoms with Gasteiger partial charge in [0, 0.05) is 6.04 Å². The Morgan fingerprint density at radius 1 is 0.972 bits per heavy atom. The molecule has 186 valence electrons. The highest BCUT2D eigenvalue weighted by molar-refractivity contribution is 8.18. The summed E-state index contributed by atoms with van der Waals surface area (Å²) in [5, 5.41) is 0.592. The second-order valence-electron chi connectivity index (χ2n) is 8.20. The third-order valence-electron chi connectivity index (χ3n) is 5.67. The maximum Gasteiger partial charge on any atom is 0.387 e. The largest absolute Gasteiger partial charge is 0.497 e. The summed E-state index contributed by atoms with van der Waals surface area (Å²) in [6, 6.07) is 23.6. The van der Waals surface area contributed by atoms with Crippen LogP contribution in [0.2, 0.25) is 0 Å². The lowest BCUT2D eigenvalue weighted by molar-refractivity contribution is -0.123. The minimum Gasteiger partial charge on any atom is -0.497 e. The second-order valence-corrected chi connectivity index (χ2v) is 9.21. The molecule has 1 amide bonds. The van der Waals surface area contributed by atoms with Crippen LogP contribution in [0.15, 0.2) is 88.8 Å². The Bertz CT molecular complexity index is 1230. The van der Waals surface area contributed by atoms with Gasteiger partial charge in [-0.2, -0.15) is 8.78 Å². The minimum absolute atomic E-state index is 0.0652. The molecule has 1 fully saturated rings. The monoisotopic (exact) mass is 508 g/mol. The minimum atomic E-state index is -2.89. The molecule has 1 heterocycles. The fourth-order valence-corrected chi connectivity index (χ4v) is 4.86. The van der Waals surface area contributed by atoms with E-state index in [1.807, 2.05) is 49.4 Å². The second kappa shape index (κ2) is 11.9. The van der Waals surface area contributed by atoms with Gasteiger partial charge in [0.1, 0.15) is 11.5 Å². The first-order valence-electron chi connectivity index (χ1n) is 11.5. The molecule has 8 heteroatoms. The number of benzene rings is 3. The maximum atomic E-state index is 13.5. The fourth-order valence-electron chi connectivity index (χ4n) is 3.77. The molecule has 0 aliphatic carbocycles. The van der Waals surface area contributed by atoms with E-state index in [-0.39, 0.29) is 17.7 Å². The Kier molecular flexibility index (Phi) is 8.38. The summed E-state index contributed by atoms with van der Waals surface area (Å²) in [7, 11) is 1.60. The topological polar surface area (TPSA) is 51.1 Å². The quantitative estimate of drug-likeness (QED) is 0.294. The van der Waals surface area contributed by atoms with Crippen molar-refractivity contribution >= 4 is 34.6 Å². The summed E-state index contributed by atoms with van der Waals surface area (Å²) in [5.41, 5.74) is 2.62. The zero-order chi connectivity index (χ0) is 25.5. The van der Waals surface area contributed by atoms with Crippen LogP contribution in [0.1, 0.15) is 24.5 Å². The number of amides is 1. The smallest absolute Gasteiger partial charge is 0.387 e. The number of aryl methyl sites for hydroxylation is 1. The molecule has 0 aromatic heterocycles. The molecule has 3 aromatic carbocycles. The predicted molar refractivity (Wildman–Crippen MR) is 140 cm³/mol. The van der Waals surface area contributed by atoms with Crippen LogP contribution in [-0.4, -0.2) is 35.7 Å². The molecular formula is C28H26F2N2O3S. The lowest BCUT2D eigenvalue weighted by Crippen LogP contribution is -2.37. The molecule has 1 unspecified atom stereocenters. The number of nitrogens with zero attached hydrogens (tertiary/aromatic N) is 2. The Morgan fingerprint density at radius 2 is 1.64 bits per heavy atom. The SMILES string of the molecule is COc1ccc(N=C2S/C(=C/c3ccc(OC(F)F)cc3)C(=O)N2C(C)CCc2ccccc2)cc1. The molecule has 0 spiro atoms. The molecule has 1 atom stereocenters. The molecular weight excluding hydrogens is 482 g/mol. The Hall–Kier alpha value is -3.65. The van der Waals surface area contributed by atoms with Crippen LogP contribution in [0.25, 0.3) is 6.08 Å². The number of carbonyl (C=O) groups excluding carboxylic acids is 1. The number of thioether (sulfide) groups is 1. The van der Waals surface area contributed by atoms with Crippen LogP contribution in [0.4, 0.5) is 14.5 Å². The van der Waals surface area contributed by atoms with E-state index in [9.17, 15) is 13.6 Å². The van der Waals surface area contributed by atoms with Gasteiger partial charge < -0.3 is 9.47 Å². The van der Waals surface area contributed by atoms with E-state index in [2.05, 4.69) is 16.9 Å². The number of methoxy groups -OCH3 is 1. The van der Waals surface area contributed by atoms with Gasteiger partial charge in [-0.25, -0.2) is 4.99 Å². The number of alkyl halides is 2. The molecule has 1 saturated heterocycles. The lowest BCUT2D eigenvalue weighted by Gasteiger charge is -2.24. The molecule has 36 heavy (non-hydrogen) atoms. The van der Waals surface area contributed by atoms with Gasteiger partial charge >= 0.3 is 6.61 Å². The number of hydrogen-bond donors (Lipinski definition) is 0. The average Bonchev–Trinajstić information content (AvgIpc) is 3.18. The summed E-state index contributed by atoms with van der Waals surface area (Å²) in [6.07, 6.45) is 3.34. The van der Waals surface area contributed by atoms with Gasteiger partial charge in [-0.3, -0.25) is 9.69 Å². The molecule has 1 aliphatic heterocycles. The molecule has 4 rings (SSSR count). The molecule has 0 N–H and O–H groups in total. The number of hydrogen-bond acceptors (Lipinski definition) is 5. The van der Waals surface area contributed by atoms with Crippen molar-refractivity contribution in [1.29, 1.82) is 0 Å². The Labute approximate surface area is 213 Å². The summed E-state index contributed by atoms with van der Waals surface area (Å²) in [5.74, 6) is 0.651. The lowest BCUT2D eigenvalue weighted by atomic mass is 10.1. The van der Waals surface area contributed by atoms with Crippen molar-refractivity contribution in [2.45, 2.75) is 32.4 Å². The summed E-state index contributed by atoms with van der Waals surface area (Å²) in [6.45, 7) is -0.867. The first-order valence-corrected chi connectivity index (χ1v) is 12.3. The number of halogens is 2. The van der Waals surface area contributed by atoms with E-state index in [1.165, 1.54) is 29.5 Å². The zero-order valence-corrected chi connectivity index (χ0v) is 20.8. The summed E-state index contributed by atoms with van der Waals surface area (Å²) in [4.78, 5) is 20.5. The third-order valence-corrected chi connectivity index (χ3v) is 6.65. The first kappa shape index (κ1) is 25.4. The van der Waals surface area contributed by atoms with Crippen molar-refractivity contribution in [3.63, 3.8) is 0 Å². The number of ether oxygens (including phenoxy) is 2. The number of carbonyl (C=O) groups is 1. The molecule has 0 bridgehead atoms. The van der Waals surface area contributed by atoms with Gasteiger partial charge in [-0.05, 0) is 85.1 Å². The normalized spacial score (nSPS) is 16.7. The highest BCUT2D eigenvalue weighted by atomic mass is 32.2. The fraction of sp³-hybridized carbons (Fsp3) is 0.214. The standard InChI is InChI=1S/C28H26F2N2O3S/c1-19(8-9-20-6-4-3-5-7-20)32-26(33)25(18-21-10-14-24(15-11-21)35-27(29)30)36-28(32)31-22-12-16-23(34-2)17-13-22/h3-7,10-19,27H,8-9H2,1-2H3/b25-18+,31-28?. The van der Waals surface area contributed by atoms with Gasteiger partial charge in [0.2, 0.25) is 0 Å². The zero-order valence-electron chi connectivity index (χ0n) is 19.9. The van der Waals surface area contributed by atoms with Crippen LogP contribution in [0.5, 0.6) is 11.5 Å². The molecule has 0 saturated carbocycles. The van der Waals surface area contributed by atoms with Crippen LogP contribution >= 0.6 is 11.8 Å². The highest BCUT2D eigenvalue weighted by Gasteiger charge is 2.36. The number of rotatable bonds is 9. The van der Waals surface area contributed by atoms with Crippen LogP contribution in [-0.2, 0) is 11.2 Å². The van der Waals surface area contributed by atoms with Crippen LogP contribution in [0, 0.1) is 0 Å². The van der Waals surface area contributed by atoms with Crippen molar-refractivity contribution in [3.05, 3.63) is 94.9 Å². The van der Waals surface area contributed by atoms with Crippen molar-refractivity contribution in [2.75, 3.05) is 7.11 Å². The van der Waals surface area contributed by atoms with Gasteiger partial charge in [0.15, 0.2) is 5.17 Å². The molecule has 3 aromatic rings. The Balaban J connectivity index is 1.59. The van der Waals surface area contributed by atoms with E-state index in [0.717, 1.165) is 18.6 Å². The van der Waals surface area contributed by atoms with Crippen molar-refractivity contribution in [3.8, 4) is 11.5 Å². The van der Waals surface area contributed by atoms with Crippen molar-refractivity contribution < 1.29 is 23.0 Å². The van der Waals surface area contributed by atoms with Crippen molar-refractivity contribution in [2.24, 2.45) is 4.99 Å². The van der Waals surface area contributed by atoms with E-state index in [4.69, 9.17) is 9.73 Å².